The average molecular weight is 337 g/mol. The smallest absolute Gasteiger partial charge is 0.265 e. The molecule has 0 bridgehead atoms. The highest BCUT2D eigenvalue weighted by molar-refractivity contribution is 5.94. The van der Waals surface area contributed by atoms with E-state index in [0.29, 0.717) is 17.2 Å². The number of nitrogens with one attached hydrogen (secondary N) is 1. The minimum Gasteiger partial charge on any atom is -0.497 e. The summed E-state index contributed by atoms with van der Waals surface area (Å²) in [6.07, 6.45) is -0.924. The fraction of sp³-hybridized carbons (Fsp3) is 0.235. The van der Waals surface area contributed by atoms with Gasteiger partial charge in [0.05, 0.1) is 14.2 Å². The Kier molecular flexibility index (Phi) is 5.57. The molecule has 1 N–H and O–H groups in total. The lowest BCUT2D eigenvalue weighted by atomic mass is 10.2. The third-order valence-electron chi connectivity index (χ3n) is 3.19. The Balaban J connectivity index is 2.07. The molecule has 128 valence electrons. The van der Waals surface area contributed by atoms with E-state index in [9.17, 15) is 13.6 Å². The number of ether oxygens (including phenoxy) is 3. The Morgan fingerprint density at radius 3 is 2.12 bits per heavy atom. The third-order valence-corrected chi connectivity index (χ3v) is 3.19. The topological polar surface area (TPSA) is 56.8 Å². The predicted molar refractivity (Wildman–Crippen MR) is 84.6 cm³/mol. The summed E-state index contributed by atoms with van der Waals surface area (Å²) in [5, 5.41) is 2.65. The van der Waals surface area contributed by atoms with Crippen LogP contribution in [0.2, 0.25) is 0 Å². The van der Waals surface area contributed by atoms with E-state index in [2.05, 4.69) is 5.32 Å². The zero-order valence-corrected chi connectivity index (χ0v) is 13.4. The van der Waals surface area contributed by atoms with Crippen molar-refractivity contribution in [3.63, 3.8) is 0 Å². The number of hydrogen-bond donors (Lipinski definition) is 1. The molecule has 0 saturated heterocycles. The molecule has 0 aromatic heterocycles. The maximum absolute atomic E-state index is 13.2. The molecule has 0 radical (unpaired) electrons. The zero-order chi connectivity index (χ0) is 17.7. The van der Waals surface area contributed by atoms with E-state index in [1.54, 1.807) is 18.2 Å². The molecule has 0 aliphatic heterocycles. The van der Waals surface area contributed by atoms with Crippen LogP contribution in [0.5, 0.6) is 17.2 Å². The summed E-state index contributed by atoms with van der Waals surface area (Å²) in [7, 11) is 2.99. The van der Waals surface area contributed by atoms with Crippen molar-refractivity contribution >= 4 is 11.6 Å². The van der Waals surface area contributed by atoms with Gasteiger partial charge in [-0.2, -0.15) is 0 Å². The van der Waals surface area contributed by atoms with Crippen molar-refractivity contribution in [3.05, 3.63) is 48.0 Å². The average Bonchev–Trinajstić information content (AvgIpc) is 2.57. The Labute approximate surface area is 138 Å². The summed E-state index contributed by atoms with van der Waals surface area (Å²) >= 11 is 0. The van der Waals surface area contributed by atoms with Crippen LogP contribution in [0.1, 0.15) is 6.92 Å². The van der Waals surface area contributed by atoms with E-state index in [4.69, 9.17) is 14.2 Å². The molecule has 24 heavy (non-hydrogen) atoms. The molecule has 0 aliphatic carbocycles. The number of amides is 1. The van der Waals surface area contributed by atoms with Gasteiger partial charge in [0.15, 0.2) is 17.7 Å². The van der Waals surface area contributed by atoms with E-state index in [0.717, 1.165) is 12.1 Å². The van der Waals surface area contributed by atoms with E-state index >= 15 is 0 Å². The van der Waals surface area contributed by atoms with Gasteiger partial charge in [0.2, 0.25) is 0 Å². The largest absolute Gasteiger partial charge is 0.497 e. The first-order valence-corrected chi connectivity index (χ1v) is 7.08. The molecule has 2 aromatic rings. The van der Waals surface area contributed by atoms with Crippen LogP contribution in [0, 0.1) is 11.6 Å². The van der Waals surface area contributed by atoms with Gasteiger partial charge in [0.25, 0.3) is 5.91 Å². The summed E-state index contributed by atoms with van der Waals surface area (Å²) in [5.41, 5.74) is 0.455. The minimum absolute atomic E-state index is 0.0553. The third kappa shape index (κ3) is 4.34. The van der Waals surface area contributed by atoms with Crippen molar-refractivity contribution in [2.24, 2.45) is 0 Å². The summed E-state index contributed by atoms with van der Waals surface area (Å²) < 4.78 is 41.6. The van der Waals surface area contributed by atoms with Gasteiger partial charge >= 0.3 is 0 Å². The number of methoxy groups -OCH3 is 2. The second-order valence-electron chi connectivity index (χ2n) is 4.93. The molecular formula is C17H17F2NO4. The van der Waals surface area contributed by atoms with Crippen molar-refractivity contribution in [1.82, 2.24) is 0 Å². The van der Waals surface area contributed by atoms with E-state index in [1.807, 2.05) is 0 Å². The normalized spacial score (nSPS) is 11.5. The maximum Gasteiger partial charge on any atom is 0.265 e. The van der Waals surface area contributed by atoms with Crippen molar-refractivity contribution in [2.75, 3.05) is 19.5 Å². The highest BCUT2D eigenvalue weighted by Crippen LogP contribution is 2.26. The van der Waals surface area contributed by atoms with Gasteiger partial charge in [-0.15, -0.1) is 0 Å². The molecule has 0 heterocycles. The first kappa shape index (κ1) is 17.5. The number of benzene rings is 2. The van der Waals surface area contributed by atoms with Gasteiger partial charge in [0.1, 0.15) is 17.2 Å². The number of hydrogen-bond acceptors (Lipinski definition) is 4. The van der Waals surface area contributed by atoms with Crippen LogP contribution in [0.25, 0.3) is 0 Å². The Morgan fingerprint density at radius 1 is 0.958 bits per heavy atom. The van der Waals surface area contributed by atoms with Gasteiger partial charge in [-0.1, -0.05) is 0 Å². The van der Waals surface area contributed by atoms with Gasteiger partial charge in [-0.3, -0.25) is 4.79 Å². The van der Waals surface area contributed by atoms with E-state index in [-0.39, 0.29) is 5.75 Å². The van der Waals surface area contributed by atoms with Crippen molar-refractivity contribution in [2.45, 2.75) is 13.0 Å². The highest BCUT2D eigenvalue weighted by Gasteiger charge is 2.16. The first-order valence-electron chi connectivity index (χ1n) is 7.08. The standard InChI is InChI=1S/C17H17F2NO4/c1-10(24-12-4-5-15(18)16(19)9-12)17(21)20-11-6-13(22-2)8-14(7-11)23-3/h4-10H,1-3H3,(H,20,21)/t10-/m1/s1. The van der Waals surface area contributed by atoms with E-state index < -0.39 is 23.6 Å². The number of carbonyl (C=O) groups excluding carboxylic acids is 1. The number of halogens is 2. The second-order valence-corrected chi connectivity index (χ2v) is 4.93. The van der Waals surface area contributed by atoms with E-state index in [1.165, 1.54) is 27.2 Å². The molecule has 0 spiro atoms. The molecule has 5 nitrogen and oxygen atoms in total. The Morgan fingerprint density at radius 2 is 1.58 bits per heavy atom. The van der Waals surface area contributed by atoms with Gasteiger partial charge in [-0.05, 0) is 19.1 Å². The van der Waals surface area contributed by atoms with Crippen LogP contribution in [0.3, 0.4) is 0 Å². The predicted octanol–water partition coefficient (Wildman–Crippen LogP) is 3.39. The molecule has 2 aromatic carbocycles. The second kappa shape index (κ2) is 7.63. The van der Waals surface area contributed by atoms with Crippen LogP contribution >= 0.6 is 0 Å². The quantitative estimate of drug-likeness (QED) is 0.878. The van der Waals surface area contributed by atoms with Crippen LogP contribution < -0.4 is 19.5 Å². The number of carbonyl (C=O) groups is 1. The van der Waals surface area contributed by atoms with Gasteiger partial charge in [0, 0.05) is 30.0 Å². The molecule has 0 fully saturated rings. The minimum atomic E-state index is -1.04. The molecule has 0 saturated carbocycles. The van der Waals surface area contributed by atoms with Gasteiger partial charge < -0.3 is 19.5 Å². The first-order chi connectivity index (χ1) is 11.4. The lowest BCUT2D eigenvalue weighted by Crippen LogP contribution is -2.30. The molecule has 1 atom stereocenters. The van der Waals surface area contributed by atoms with Crippen LogP contribution in [-0.4, -0.2) is 26.2 Å². The summed E-state index contributed by atoms with van der Waals surface area (Å²) in [4.78, 5) is 12.2. The summed E-state index contributed by atoms with van der Waals surface area (Å²) in [5.74, 6) is -1.41. The molecule has 0 aliphatic rings. The highest BCUT2D eigenvalue weighted by atomic mass is 19.2. The van der Waals surface area contributed by atoms with Crippen molar-refractivity contribution in [3.8, 4) is 17.2 Å². The monoisotopic (exact) mass is 337 g/mol. The number of rotatable bonds is 6. The Bertz CT molecular complexity index is 714. The fourth-order valence-corrected chi connectivity index (χ4v) is 1.93. The molecular weight excluding hydrogens is 320 g/mol. The fourth-order valence-electron chi connectivity index (χ4n) is 1.93. The molecule has 7 heteroatoms. The zero-order valence-electron chi connectivity index (χ0n) is 13.4. The maximum atomic E-state index is 13.2. The SMILES string of the molecule is COc1cc(NC(=O)[C@@H](C)Oc2ccc(F)c(F)c2)cc(OC)c1. The van der Waals surface area contributed by atoms with Crippen LogP contribution in [0.4, 0.5) is 14.5 Å². The van der Waals surface area contributed by atoms with Crippen molar-refractivity contribution < 1.29 is 27.8 Å². The van der Waals surface area contributed by atoms with Gasteiger partial charge in [-0.25, -0.2) is 8.78 Å². The molecule has 0 unspecified atom stereocenters. The van der Waals surface area contributed by atoms with Crippen LogP contribution in [0.15, 0.2) is 36.4 Å². The summed E-state index contributed by atoms with van der Waals surface area (Å²) in [6.45, 7) is 1.49. The number of anilines is 1. The lowest BCUT2D eigenvalue weighted by Gasteiger charge is -2.16. The molecule has 2 rings (SSSR count). The van der Waals surface area contributed by atoms with Crippen LogP contribution in [-0.2, 0) is 4.79 Å². The Hall–Kier alpha value is -2.83. The summed E-state index contributed by atoms with van der Waals surface area (Å²) in [6, 6.07) is 7.96. The lowest BCUT2D eigenvalue weighted by molar-refractivity contribution is -0.122. The molecule has 1 amide bonds. The van der Waals surface area contributed by atoms with Crippen molar-refractivity contribution in [1.29, 1.82) is 0 Å².